The fraction of sp³-hybridized carbons (Fsp3) is 0.273. The minimum Gasteiger partial charge on any atom is -0.496 e. The first-order valence-electron chi connectivity index (χ1n) is 4.29. The van der Waals surface area contributed by atoms with Crippen LogP contribution in [-0.4, -0.2) is 13.7 Å². The second kappa shape index (κ2) is 4.67. The quantitative estimate of drug-likeness (QED) is 0.766. The van der Waals surface area contributed by atoms with Gasteiger partial charge in [0.2, 0.25) is 0 Å². The summed E-state index contributed by atoms with van der Waals surface area (Å²) < 4.78 is 5.20. The maximum Gasteiger partial charge on any atom is 0.122 e. The lowest BCUT2D eigenvalue weighted by Gasteiger charge is -2.06. The van der Waals surface area contributed by atoms with Gasteiger partial charge in [-0.25, -0.2) is 0 Å². The van der Waals surface area contributed by atoms with E-state index in [1.54, 1.807) is 7.11 Å². The number of hydrogen-bond donors (Lipinski definition) is 1. The summed E-state index contributed by atoms with van der Waals surface area (Å²) in [7, 11) is 1.68. The van der Waals surface area contributed by atoms with Crippen LogP contribution < -0.4 is 10.5 Å². The van der Waals surface area contributed by atoms with Crippen LogP contribution in [0.3, 0.4) is 0 Å². The van der Waals surface area contributed by atoms with Gasteiger partial charge in [0, 0.05) is 6.54 Å². The van der Waals surface area contributed by atoms with Crippen molar-refractivity contribution in [3.63, 3.8) is 0 Å². The molecule has 0 fully saturated rings. The van der Waals surface area contributed by atoms with Crippen LogP contribution in [-0.2, 0) is 0 Å². The number of nitrogens with two attached hydrogens (primary N) is 1. The summed E-state index contributed by atoms with van der Waals surface area (Å²) in [6.07, 6.45) is 3.94. The van der Waals surface area contributed by atoms with Gasteiger partial charge in [-0.05, 0) is 24.1 Å². The molecule has 2 heteroatoms. The van der Waals surface area contributed by atoms with Crippen LogP contribution in [0.5, 0.6) is 5.75 Å². The molecule has 2 N–H and O–H groups in total. The Labute approximate surface area is 79.0 Å². The van der Waals surface area contributed by atoms with Crippen LogP contribution in [0.1, 0.15) is 11.1 Å². The van der Waals surface area contributed by atoms with Gasteiger partial charge >= 0.3 is 0 Å². The minimum atomic E-state index is 0.566. The molecular weight excluding hydrogens is 162 g/mol. The zero-order valence-electron chi connectivity index (χ0n) is 8.08. The molecule has 0 radical (unpaired) electrons. The Kier molecular flexibility index (Phi) is 3.53. The second-order valence-corrected chi connectivity index (χ2v) is 2.81. The molecule has 2 nitrogen and oxygen atoms in total. The molecule has 1 aromatic carbocycles. The van der Waals surface area contributed by atoms with E-state index in [1.807, 2.05) is 37.3 Å². The Morgan fingerprint density at radius 2 is 2.23 bits per heavy atom. The van der Waals surface area contributed by atoms with E-state index in [1.165, 1.54) is 0 Å². The highest BCUT2D eigenvalue weighted by Gasteiger charge is 1.99. The summed E-state index contributed by atoms with van der Waals surface area (Å²) in [4.78, 5) is 0. The van der Waals surface area contributed by atoms with Crippen LogP contribution in [0.15, 0.2) is 24.3 Å². The first-order chi connectivity index (χ1) is 6.29. The van der Waals surface area contributed by atoms with Gasteiger partial charge in [-0.1, -0.05) is 24.3 Å². The highest BCUT2D eigenvalue weighted by molar-refractivity contribution is 5.57. The molecule has 0 heterocycles. The standard InChI is InChI=1S/C11H15NO/c1-9-10(6-4-8-12)5-3-7-11(9)13-2/h3-7H,8,12H2,1-2H3/b6-4+. The third-order valence-corrected chi connectivity index (χ3v) is 1.98. The van der Waals surface area contributed by atoms with Gasteiger partial charge in [-0.2, -0.15) is 0 Å². The van der Waals surface area contributed by atoms with Crippen molar-refractivity contribution in [3.05, 3.63) is 35.4 Å². The predicted molar refractivity (Wildman–Crippen MR) is 55.8 cm³/mol. The van der Waals surface area contributed by atoms with Crippen molar-refractivity contribution in [3.8, 4) is 5.75 Å². The molecule has 0 bridgehead atoms. The maximum atomic E-state index is 5.38. The van der Waals surface area contributed by atoms with E-state index in [2.05, 4.69) is 0 Å². The van der Waals surface area contributed by atoms with Gasteiger partial charge in [0.25, 0.3) is 0 Å². The third-order valence-electron chi connectivity index (χ3n) is 1.98. The van der Waals surface area contributed by atoms with Gasteiger partial charge in [0.05, 0.1) is 7.11 Å². The normalized spacial score (nSPS) is 10.7. The Bertz CT molecular complexity index is 305. The molecule has 0 aliphatic rings. The average Bonchev–Trinajstić information content (AvgIpc) is 2.16. The van der Waals surface area contributed by atoms with Crippen molar-refractivity contribution in [1.29, 1.82) is 0 Å². The summed E-state index contributed by atoms with van der Waals surface area (Å²) >= 11 is 0. The maximum absolute atomic E-state index is 5.38. The minimum absolute atomic E-state index is 0.566. The molecule has 0 aliphatic carbocycles. The molecule has 0 aliphatic heterocycles. The third kappa shape index (κ3) is 2.33. The van der Waals surface area contributed by atoms with E-state index in [9.17, 15) is 0 Å². The first-order valence-corrected chi connectivity index (χ1v) is 4.29. The molecular formula is C11H15NO. The van der Waals surface area contributed by atoms with E-state index < -0.39 is 0 Å². The highest BCUT2D eigenvalue weighted by atomic mass is 16.5. The van der Waals surface area contributed by atoms with E-state index in [-0.39, 0.29) is 0 Å². The number of benzene rings is 1. The SMILES string of the molecule is COc1cccc(/C=C/CN)c1C. The van der Waals surface area contributed by atoms with Crippen molar-refractivity contribution in [2.45, 2.75) is 6.92 Å². The topological polar surface area (TPSA) is 35.2 Å². The smallest absolute Gasteiger partial charge is 0.122 e. The van der Waals surface area contributed by atoms with Crippen molar-refractivity contribution in [2.24, 2.45) is 5.73 Å². The number of rotatable bonds is 3. The first kappa shape index (κ1) is 9.81. The molecule has 0 unspecified atom stereocenters. The van der Waals surface area contributed by atoms with Crippen LogP contribution in [0.4, 0.5) is 0 Å². The Hall–Kier alpha value is -1.28. The monoisotopic (exact) mass is 177 g/mol. The molecule has 0 aromatic heterocycles. The zero-order chi connectivity index (χ0) is 9.68. The van der Waals surface area contributed by atoms with Crippen molar-refractivity contribution in [2.75, 3.05) is 13.7 Å². The summed E-state index contributed by atoms with van der Waals surface area (Å²) in [6, 6.07) is 5.97. The van der Waals surface area contributed by atoms with E-state index in [0.717, 1.165) is 16.9 Å². The average molecular weight is 177 g/mol. The van der Waals surface area contributed by atoms with Crippen LogP contribution in [0.2, 0.25) is 0 Å². The molecule has 70 valence electrons. The summed E-state index contributed by atoms with van der Waals surface area (Å²) in [5, 5.41) is 0. The fourth-order valence-electron chi connectivity index (χ4n) is 1.23. The molecule has 0 saturated heterocycles. The zero-order valence-corrected chi connectivity index (χ0v) is 8.08. The van der Waals surface area contributed by atoms with Crippen LogP contribution in [0.25, 0.3) is 6.08 Å². The van der Waals surface area contributed by atoms with Crippen LogP contribution >= 0.6 is 0 Å². The Balaban J connectivity index is 3.01. The molecule has 0 amide bonds. The second-order valence-electron chi connectivity index (χ2n) is 2.81. The summed E-state index contributed by atoms with van der Waals surface area (Å²) in [5.74, 6) is 0.916. The molecule has 1 rings (SSSR count). The number of methoxy groups -OCH3 is 1. The molecule has 13 heavy (non-hydrogen) atoms. The molecule has 0 spiro atoms. The highest BCUT2D eigenvalue weighted by Crippen LogP contribution is 2.21. The van der Waals surface area contributed by atoms with Crippen molar-refractivity contribution < 1.29 is 4.74 Å². The molecule has 0 saturated carbocycles. The predicted octanol–water partition coefficient (Wildman–Crippen LogP) is 1.98. The lowest BCUT2D eigenvalue weighted by molar-refractivity contribution is 0.411. The van der Waals surface area contributed by atoms with Gasteiger partial charge in [-0.15, -0.1) is 0 Å². The van der Waals surface area contributed by atoms with Gasteiger partial charge < -0.3 is 10.5 Å². The van der Waals surface area contributed by atoms with Crippen LogP contribution in [0, 0.1) is 6.92 Å². The van der Waals surface area contributed by atoms with Gasteiger partial charge in [0.15, 0.2) is 0 Å². The Morgan fingerprint density at radius 1 is 1.46 bits per heavy atom. The summed E-state index contributed by atoms with van der Waals surface area (Å²) in [6.45, 7) is 2.60. The van der Waals surface area contributed by atoms with E-state index >= 15 is 0 Å². The van der Waals surface area contributed by atoms with E-state index in [0.29, 0.717) is 6.54 Å². The van der Waals surface area contributed by atoms with Crippen molar-refractivity contribution in [1.82, 2.24) is 0 Å². The molecule has 1 aromatic rings. The lowest BCUT2D eigenvalue weighted by Crippen LogP contribution is -1.93. The Morgan fingerprint density at radius 3 is 2.85 bits per heavy atom. The number of ether oxygens (including phenoxy) is 1. The van der Waals surface area contributed by atoms with E-state index in [4.69, 9.17) is 10.5 Å². The van der Waals surface area contributed by atoms with Gasteiger partial charge in [-0.3, -0.25) is 0 Å². The van der Waals surface area contributed by atoms with Crippen molar-refractivity contribution >= 4 is 6.08 Å². The summed E-state index contributed by atoms with van der Waals surface area (Å²) in [5.41, 5.74) is 7.68. The largest absolute Gasteiger partial charge is 0.496 e. The fourth-order valence-corrected chi connectivity index (χ4v) is 1.23. The molecule has 0 atom stereocenters. The van der Waals surface area contributed by atoms with Gasteiger partial charge in [0.1, 0.15) is 5.75 Å². The lowest BCUT2D eigenvalue weighted by atomic mass is 10.1. The number of hydrogen-bond acceptors (Lipinski definition) is 2.